The van der Waals surface area contributed by atoms with E-state index in [9.17, 15) is 9.59 Å². The van der Waals surface area contributed by atoms with Crippen molar-refractivity contribution in [3.63, 3.8) is 0 Å². The van der Waals surface area contributed by atoms with Crippen molar-refractivity contribution >= 4 is 44.8 Å². The first-order valence-corrected chi connectivity index (χ1v) is 11.6. The van der Waals surface area contributed by atoms with Crippen LogP contribution in [0.15, 0.2) is 60.9 Å². The monoisotopic (exact) mass is 439 g/mol. The highest BCUT2D eigenvalue weighted by Gasteiger charge is 2.35. The molecule has 0 atom stereocenters. The summed E-state index contributed by atoms with van der Waals surface area (Å²) in [6.45, 7) is 4.37. The summed E-state index contributed by atoms with van der Waals surface area (Å²) in [5.74, 6) is -0.673. The van der Waals surface area contributed by atoms with Gasteiger partial charge in [-0.15, -0.1) is 0 Å². The summed E-state index contributed by atoms with van der Waals surface area (Å²) >= 11 is 0. The van der Waals surface area contributed by atoms with Crippen LogP contribution in [0.5, 0.6) is 0 Å². The van der Waals surface area contributed by atoms with Gasteiger partial charge in [-0.05, 0) is 12.1 Å². The van der Waals surface area contributed by atoms with E-state index in [0.717, 1.165) is 50.5 Å². The molecule has 2 aromatic heterocycles. The third-order valence-corrected chi connectivity index (χ3v) is 7.37. The molecule has 2 aliphatic rings. The maximum absolute atomic E-state index is 13.1. The number of fused-ring (bicyclic) bond motifs is 2. The van der Waals surface area contributed by atoms with E-state index in [4.69, 9.17) is 0 Å². The molecule has 0 bridgehead atoms. The van der Waals surface area contributed by atoms with E-state index in [1.165, 1.54) is 25.9 Å². The van der Waals surface area contributed by atoms with Gasteiger partial charge in [-0.1, -0.05) is 36.4 Å². The number of hydrogen-bond donors (Lipinski definition) is 2. The van der Waals surface area contributed by atoms with Crippen molar-refractivity contribution in [1.29, 1.82) is 0 Å². The molecule has 1 saturated heterocycles. The number of benzene rings is 2. The van der Waals surface area contributed by atoms with Gasteiger partial charge in [0.15, 0.2) is 0 Å². The van der Waals surface area contributed by atoms with Crippen LogP contribution in [-0.4, -0.2) is 52.5 Å². The number of rotatable bonds is 5. The molecule has 6 nitrogen and oxygen atoms in total. The maximum atomic E-state index is 13.1. The molecular weight excluding hydrogens is 412 g/mol. The molecule has 6 heteroatoms. The zero-order valence-electron chi connectivity index (χ0n) is 18.7. The van der Waals surface area contributed by atoms with Gasteiger partial charge in [0, 0.05) is 58.2 Å². The molecule has 0 spiro atoms. The quantitative estimate of drug-likeness (QED) is 0.366. The van der Waals surface area contributed by atoms with Crippen molar-refractivity contribution in [2.24, 2.45) is 0 Å². The van der Waals surface area contributed by atoms with Crippen molar-refractivity contribution in [3.8, 4) is 0 Å². The number of nitrogens with one attached hydrogen (secondary N) is 2. The molecule has 0 radical (unpaired) electrons. The van der Waals surface area contributed by atoms with Gasteiger partial charge in [0.05, 0.1) is 44.4 Å². The first-order chi connectivity index (χ1) is 16.0. The highest BCUT2D eigenvalue weighted by atomic mass is 16.2. The summed E-state index contributed by atoms with van der Waals surface area (Å²) < 4.78 is 3.34. The fraction of sp³-hybridized carbons (Fsp3) is 0.259. The number of aromatic amines is 1. The molecule has 2 amide bonds. The van der Waals surface area contributed by atoms with Crippen molar-refractivity contribution in [2.45, 2.75) is 19.4 Å². The molecule has 2 aliphatic heterocycles. The topological polar surface area (TPSA) is 66.9 Å². The highest BCUT2D eigenvalue weighted by molar-refractivity contribution is 6.50. The van der Waals surface area contributed by atoms with Crippen LogP contribution in [0.4, 0.5) is 0 Å². The minimum Gasteiger partial charge on any atom is -0.361 e. The van der Waals surface area contributed by atoms with Crippen molar-refractivity contribution < 1.29 is 14.1 Å². The largest absolute Gasteiger partial charge is 0.361 e. The summed E-state index contributed by atoms with van der Waals surface area (Å²) in [4.78, 5) is 29.3. The minimum atomic E-state index is -0.341. The second-order valence-corrected chi connectivity index (χ2v) is 9.53. The van der Waals surface area contributed by atoms with Gasteiger partial charge < -0.3 is 14.0 Å². The van der Waals surface area contributed by atoms with E-state index in [1.54, 1.807) is 0 Å². The third kappa shape index (κ3) is 3.21. The van der Waals surface area contributed by atoms with Crippen LogP contribution in [-0.2, 0) is 16.1 Å². The van der Waals surface area contributed by atoms with E-state index in [1.807, 2.05) is 48.7 Å². The normalized spacial score (nSPS) is 18.1. The fourth-order valence-corrected chi connectivity index (χ4v) is 5.55. The smallest absolute Gasteiger partial charge is 0.259 e. The van der Waals surface area contributed by atoms with E-state index >= 15 is 0 Å². The number of carbonyl (C=O) groups is 2. The average molecular weight is 440 g/mol. The van der Waals surface area contributed by atoms with Gasteiger partial charge in [-0.3, -0.25) is 14.9 Å². The number of H-pyrrole nitrogens is 1. The molecule has 4 heterocycles. The van der Waals surface area contributed by atoms with Crippen LogP contribution >= 0.6 is 0 Å². The van der Waals surface area contributed by atoms with Crippen LogP contribution in [0.3, 0.4) is 0 Å². The first-order valence-electron chi connectivity index (χ1n) is 11.6. The van der Waals surface area contributed by atoms with Crippen LogP contribution in [0.2, 0.25) is 0 Å². The number of likely N-dealkylation sites (N-methyl/N-ethyl adjacent to an activating group) is 1. The predicted octanol–water partition coefficient (Wildman–Crippen LogP) is 3.93. The zero-order chi connectivity index (χ0) is 22.6. The Morgan fingerprint density at radius 2 is 1.55 bits per heavy atom. The number of para-hydroxylation sites is 2. The van der Waals surface area contributed by atoms with Gasteiger partial charge in [0.1, 0.15) is 0 Å². The summed E-state index contributed by atoms with van der Waals surface area (Å²) in [5, 5.41) is 4.48. The number of likely N-dealkylation sites (tertiary alicyclic amines) is 1. The van der Waals surface area contributed by atoms with Gasteiger partial charge >= 0.3 is 0 Å². The lowest BCUT2D eigenvalue weighted by Crippen LogP contribution is -2.43. The number of nitrogens with zero attached hydrogens (tertiary/aromatic N) is 2. The Balaban J connectivity index is 1.51. The molecule has 4 aromatic rings. The Hall–Kier alpha value is -3.64. The Kier molecular flexibility index (Phi) is 4.52. The molecule has 0 aliphatic carbocycles. The first kappa shape index (κ1) is 20.0. The van der Waals surface area contributed by atoms with Crippen molar-refractivity contribution in [1.82, 2.24) is 14.9 Å². The Morgan fingerprint density at radius 1 is 0.879 bits per heavy atom. The second kappa shape index (κ2) is 7.46. The maximum Gasteiger partial charge on any atom is 0.259 e. The highest BCUT2D eigenvalue weighted by Crippen LogP contribution is 2.38. The number of imide groups is 1. The van der Waals surface area contributed by atoms with E-state index in [2.05, 4.69) is 34.2 Å². The number of quaternary nitrogens is 1. The van der Waals surface area contributed by atoms with Crippen LogP contribution < -0.4 is 5.32 Å². The minimum absolute atomic E-state index is 0.332. The van der Waals surface area contributed by atoms with E-state index in [-0.39, 0.29) is 11.8 Å². The summed E-state index contributed by atoms with van der Waals surface area (Å²) in [5.41, 5.74) is 4.52. The molecule has 0 unspecified atom stereocenters. The van der Waals surface area contributed by atoms with Crippen molar-refractivity contribution in [2.75, 3.05) is 26.7 Å². The van der Waals surface area contributed by atoms with Crippen LogP contribution in [0.1, 0.15) is 24.0 Å². The lowest BCUT2D eigenvalue weighted by molar-refractivity contribution is -0.898. The van der Waals surface area contributed by atoms with E-state index in [0.29, 0.717) is 11.1 Å². The summed E-state index contributed by atoms with van der Waals surface area (Å²) in [6, 6.07) is 16.0. The number of hydrogen-bond acceptors (Lipinski definition) is 2. The second-order valence-electron chi connectivity index (χ2n) is 9.53. The molecule has 0 saturated carbocycles. The zero-order valence-corrected chi connectivity index (χ0v) is 18.7. The summed E-state index contributed by atoms with van der Waals surface area (Å²) in [6.07, 6.45) is 6.47. The van der Waals surface area contributed by atoms with Crippen LogP contribution in [0, 0.1) is 0 Å². The van der Waals surface area contributed by atoms with Gasteiger partial charge in [0.2, 0.25) is 0 Å². The molecule has 1 fully saturated rings. The number of aromatic nitrogens is 2. The molecule has 6 rings (SSSR count). The lowest BCUT2D eigenvalue weighted by Gasteiger charge is -2.29. The summed E-state index contributed by atoms with van der Waals surface area (Å²) in [7, 11) is 2.33. The van der Waals surface area contributed by atoms with Gasteiger partial charge in [-0.2, -0.15) is 0 Å². The number of amides is 2. The predicted molar refractivity (Wildman–Crippen MR) is 130 cm³/mol. The van der Waals surface area contributed by atoms with E-state index < -0.39 is 0 Å². The van der Waals surface area contributed by atoms with Crippen molar-refractivity contribution in [3.05, 3.63) is 72.1 Å². The Morgan fingerprint density at radius 3 is 2.33 bits per heavy atom. The Bertz CT molecular complexity index is 1450. The average Bonchev–Trinajstić information content (AvgIpc) is 3.57. The molecular formula is C27H27N4O2+. The standard InChI is InChI=1S/C27H26N4O2/c1-31(13-6-7-14-31)15-12-30-17-21(19-9-3-5-11-23(19)30)25-24(26(32)29-27(25)33)20-16-28-22-10-4-2-8-18(20)22/h2-5,8-11,16-17H,6-7,12-15H2,1H3,(H-,28,29,32,33)/p+1. The molecule has 2 aromatic carbocycles. The lowest BCUT2D eigenvalue weighted by atomic mass is 9.95. The number of carbonyl (C=O) groups excluding carboxylic acids is 2. The van der Waals surface area contributed by atoms with Crippen LogP contribution in [0.25, 0.3) is 33.0 Å². The van der Waals surface area contributed by atoms with Gasteiger partial charge in [-0.25, -0.2) is 0 Å². The molecule has 2 N–H and O–H groups in total. The molecule has 33 heavy (non-hydrogen) atoms. The fourth-order valence-electron chi connectivity index (χ4n) is 5.55. The SMILES string of the molecule is C[N+]1(CCn2cc(C3=C(c4c[nH]c5ccccc45)C(=O)NC3=O)c3ccccc32)CCCC1. The van der Waals surface area contributed by atoms with Gasteiger partial charge in [0.25, 0.3) is 11.8 Å². The third-order valence-electron chi connectivity index (χ3n) is 7.37. The Labute approximate surface area is 192 Å². The molecule has 166 valence electrons.